The fourth-order valence-electron chi connectivity index (χ4n) is 1.36. The van der Waals surface area contributed by atoms with Crippen molar-refractivity contribution >= 4 is 0 Å². The lowest BCUT2D eigenvalue weighted by Crippen LogP contribution is -2.04. The summed E-state index contributed by atoms with van der Waals surface area (Å²) in [7, 11) is 1.77. The van der Waals surface area contributed by atoms with E-state index >= 15 is 0 Å². The van der Waals surface area contributed by atoms with E-state index in [1.165, 1.54) is 18.4 Å². The van der Waals surface area contributed by atoms with Gasteiger partial charge in [0, 0.05) is 12.6 Å². The molecule has 0 fully saturated rings. The number of nitrogens with one attached hydrogen (secondary N) is 1. The summed E-state index contributed by atoms with van der Waals surface area (Å²) in [4.78, 5) is 4.07. The van der Waals surface area contributed by atoms with Gasteiger partial charge in [0.25, 0.3) is 0 Å². The van der Waals surface area contributed by atoms with Crippen LogP contribution >= 0.6 is 0 Å². The van der Waals surface area contributed by atoms with Gasteiger partial charge in [0.15, 0.2) is 0 Å². The first-order chi connectivity index (χ1) is 7.70. The minimum atomic E-state index is -0.683. The van der Waals surface area contributed by atoms with Gasteiger partial charge in [-0.15, -0.1) is 0 Å². The first-order valence-corrected chi connectivity index (χ1v) is 4.75. The fraction of sp³-hybridized carbons (Fsp3) is 0.182. The summed E-state index contributed by atoms with van der Waals surface area (Å²) in [5, 5.41) is 2.90. The summed E-state index contributed by atoms with van der Waals surface area (Å²) >= 11 is 0. The average molecular weight is 224 g/mol. The van der Waals surface area contributed by atoms with E-state index < -0.39 is 11.6 Å². The van der Waals surface area contributed by atoms with Crippen molar-refractivity contribution in [2.24, 2.45) is 0 Å². The molecular weight excluding hydrogens is 214 g/mol. The molecule has 16 heavy (non-hydrogen) atoms. The molecule has 2 aromatic rings. The molecule has 0 saturated heterocycles. The van der Waals surface area contributed by atoms with Crippen LogP contribution in [-0.4, -0.2) is 12.0 Å². The monoisotopic (exact) mass is 224 g/mol. The molecule has 1 aromatic carbocycles. The van der Waals surface area contributed by atoms with Gasteiger partial charge >= 0.3 is 0 Å². The highest BCUT2D eigenvalue weighted by molar-refractivity contribution is 5.54. The van der Waals surface area contributed by atoms with E-state index in [4.69, 9.17) is 4.42 Å². The summed E-state index contributed by atoms with van der Waals surface area (Å²) in [6.07, 6.45) is 1.44. The lowest BCUT2D eigenvalue weighted by Gasteiger charge is -1.97. The molecule has 1 aromatic heterocycles. The van der Waals surface area contributed by atoms with E-state index in [-0.39, 0.29) is 11.5 Å². The number of hydrogen-bond acceptors (Lipinski definition) is 3. The van der Waals surface area contributed by atoms with Gasteiger partial charge in [0.05, 0.1) is 11.3 Å². The molecule has 0 radical (unpaired) electrons. The van der Waals surface area contributed by atoms with Crippen molar-refractivity contribution in [1.82, 2.24) is 10.3 Å². The molecule has 0 amide bonds. The third kappa shape index (κ3) is 2.09. The second-order valence-corrected chi connectivity index (χ2v) is 3.30. The summed E-state index contributed by atoms with van der Waals surface area (Å²) < 4.78 is 31.2. The molecular formula is C11H10F2N2O. The Morgan fingerprint density at radius 1 is 1.38 bits per heavy atom. The van der Waals surface area contributed by atoms with Crippen molar-refractivity contribution in [1.29, 1.82) is 0 Å². The molecule has 0 aliphatic rings. The topological polar surface area (TPSA) is 38.1 Å². The summed E-state index contributed by atoms with van der Waals surface area (Å²) in [6, 6.07) is 3.28. The zero-order valence-corrected chi connectivity index (χ0v) is 8.63. The molecule has 0 aliphatic carbocycles. The molecule has 1 N–H and O–H groups in total. The standard InChI is InChI=1S/C11H10F2N2O/c1-14-5-8-6-16-11(15-8)9-3-2-7(12)4-10(9)13/h2-4,6,14H,5H2,1H3. The second kappa shape index (κ2) is 4.40. The molecule has 0 atom stereocenters. The Bertz CT molecular complexity index is 496. The van der Waals surface area contributed by atoms with Crippen LogP contribution in [0.2, 0.25) is 0 Å². The van der Waals surface area contributed by atoms with Crippen LogP contribution in [0.3, 0.4) is 0 Å². The van der Waals surface area contributed by atoms with E-state index in [1.807, 2.05) is 0 Å². The quantitative estimate of drug-likeness (QED) is 0.869. The van der Waals surface area contributed by atoms with Gasteiger partial charge in [-0.05, 0) is 19.2 Å². The van der Waals surface area contributed by atoms with Crippen LogP contribution in [0.4, 0.5) is 8.78 Å². The van der Waals surface area contributed by atoms with E-state index in [0.29, 0.717) is 12.2 Å². The van der Waals surface area contributed by atoms with E-state index in [1.54, 1.807) is 7.05 Å². The molecule has 0 unspecified atom stereocenters. The van der Waals surface area contributed by atoms with Crippen LogP contribution in [0.5, 0.6) is 0 Å². The number of hydrogen-bond donors (Lipinski definition) is 1. The fourth-order valence-corrected chi connectivity index (χ4v) is 1.36. The molecule has 2 rings (SSSR count). The zero-order valence-electron chi connectivity index (χ0n) is 8.63. The smallest absolute Gasteiger partial charge is 0.229 e. The van der Waals surface area contributed by atoms with E-state index in [0.717, 1.165) is 6.07 Å². The molecule has 0 bridgehead atoms. The van der Waals surface area contributed by atoms with Gasteiger partial charge in [-0.25, -0.2) is 13.8 Å². The van der Waals surface area contributed by atoms with Crippen LogP contribution in [0.15, 0.2) is 28.9 Å². The van der Waals surface area contributed by atoms with Crippen LogP contribution in [0.1, 0.15) is 5.69 Å². The van der Waals surface area contributed by atoms with E-state index in [9.17, 15) is 8.78 Å². The number of rotatable bonds is 3. The maximum absolute atomic E-state index is 13.4. The second-order valence-electron chi connectivity index (χ2n) is 3.30. The highest BCUT2D eigenvalue weighted by Gasteiger charge is 2.11. The largest absolute Gasteiger partial charge is 0.444 e. The number of nitrogens with zero attached hydrogens (tertiary/aromatic N) is 1. The molecule has 0 spiro atoms. The summed E-state index contributed by atoms with van der Waals surface area (Å²) in [5.74, 6) is -1.15. The van der Waals surface area contributed by atoms with Crippen molar-refractivity contribution in [2.45, 2.75) is 6.54 Å². The van der Waals surface area contributed by atoms with Crippen molar-refractivity contribution < 1.29 is 13.2 Å². The van der Waals surface area contributed by atoms with Crippen LogP contribution in [0.25, 0.3) is 11.5 Å². The van der Waals surface area contributed by atoms with Gasteiger partial charge in [-0.3, -0.25) is 0 Å². The Labute approximate surface area is 91.1 Å². The first kappa shape index (κ1) is 10.8. The van der Waals surface area contributed by atoms with Gasteiger partial charge in [0.2, 0.25) is 5.89 Å². The molecule has 84 valence electrons. The van der Waals surface area contributed by atoms with Crippen molar-refractivity contribution in [3.05, 3.63) is 41.8 Å². The number of oxazole rings is 1. The number of benzene rings is 1. The van der Waals surface area contributed by atoms with Crippen molar-refractivity contribution in [3.63, 3.8) is 0 Å². The van der Waals surface area contributed by atoms with Gasteiger partial charge < -0.3 is 9.73 Å². The van der Waals surface area contributed by atoms with Gasteiger partial charge in [-0.1, -0.05) is 0 Å². The lowest BCUT2D eigenvalue weighted by atomic mass is 10.2. The van der Waals surface area contributed by atoms with Crippen LogP contribution in [-0.2, 0) is 6.54 Å². The van der Waals surface area contributed by atoms with Crippen LogP contribution < -0.4 is 5.32 Å². The SMILES string of the molecule is CNCc1coc(-c2ccc(F)cc2F)n1. The number of aromatic nitrogens is 1. The zero-order chi connectivity index (χ0) is 11.5. The molecule has 3 nitrogen and oxygen atoms in total. The lowest BCUT2D eigenvalue weighted by molar-refractivity contribution is 0.553. The van der Waals surface area contributed by atoms with Crippen molar-refractivity contribution in [2.75, 3.05) is 7.05 Å². The Kier molecular flexibility index (Phi) is 2.96. The third-order valence-corrected chi connectivity index (χ3v) is 2.07. The van der Waals surface area contributed by atoms with E-state index in [2.05, 4.69) is 10.3 Å². The highest BCUT2D eigenvalue weighted by atomic mass is 19.1. The average Bonchev–Trinajstić information content (AvgIpc) is 2.67. The summed E-state index contributed by atoms with van der Waals surface area (Å²) in [5.41, 5.74) is 0.824. The Balaban J connectivity index is 2.35. The Morgan fingerprint density at radius 2 is 2.19 bits per heavy atom. The normalized spacial score (nSPS) is 10.7. The third-order valence-electron chi connectivity index (χ3n) is 2.07. The van der Waals surface area contributed by atoms with Gasteiger partial charge in [0.1, 0.15) is 17.9 Å². The molecule has 0 saturated carbocycles. The molecule has 1 heterocycles. The van der Waals surface area contributed by atoms with Crippen molar-refractivity contribution in [3.8, 4) is 11.5 Å². The maximum Gasteiger partial charge on any atom is 0.229 e. The number of halogens is 2. The Morgan fingerprint density at radius 3 is 2.88 bits per heavy atom. The predicted molar refractivity (Wildman–Crippen MR) is 54.6 cm³/mol. The predicted octanol–water partition coefficient (Wildman–Crippen LogP) is 2.34. The molecule has 5 heteroatoms. The van der Waals surface area contributed by atoms with Gasteiger partial charge in [-0.2, -0.15) is 0 Å². The van der Waals surface area contributed by atoms with Crippen LogP contribution in [0, 0.1) is 11.6 Å². The maximum atomic E-state index is 13.4. The Hall–Kier alpha value is -1.75. The molecule has 0 aliphatic heterocycles. The minimum absolute atomic E-state index is 0.155. The highest BCUT2D eigenvalue weighted by Crippen LogP contribution is 2.22. The minimum Gasteiger partial charge on any atom is -0.444 e. The first-order valence-electron chi connectivity index (χ1n) is 4.75. The summed E-state index contributed by atoms with van der Waals surface area (Å²) in [6.45, 7) is 0.534.